The first-order valence-electron chi connectivity index (χ1n) is 7.31. The van der Waals surface area contributed by atoms with Crippen molar-refractivity contribution < 1.29 is 141 Å². The molecule has 0 heterocycles. The van der Waals surface area contributed by atoms with E-state index in [-0.39, 0.29) is 50.5 Å². The van der Waals surface area contributed by atoms with Gasteiger partial charge in [0.05, 0.1) is 0 Å². The molecular weight excluding hydrogens is 758 g/mol. The molecule has 0 rings (SSSR count). The Bertz CT molecular complexity index is 599. The van der Waals surface area contributed by atoms with E-state index in [1.54, 1.807) is 0 Å². The molecule has 0 bridgehead atoms. The van der Waals surface area contributed by atoms with Crippen LogP contribution in [0.15, 0.2) is 0 Å². The van der Waals surface area contributed by atoms with E-state index in [1.165, 1.54) is 27.7 Å². The monoisotopic (exact) mass is 772 g/mol. The maximum atomic E-state index is 10.5. The van der Waals surface area contributed by atoms with Crippen molar-refractivity contribution in [2.75, 3.05) is 0 Å². The van der Waals surface area contributed by atoms with E-state index in [4.69, 9.17) is 39.6 Å². The zero-order chi connectivity index (χ0) is 31.5. The van der Waals surface area contributed by atoms with Crippen LogP contribution in [0, 0.1) is 0 Å². The van der Waals surface area contributed by atoms with Crippen molar-refractivity contribution >= 4 is 35.4 Å². The smallest absolute Gasteiger partial charge is 0.542 e. The van der Waals surface area contributed by atoms with Gasteiger partial charge >= 0.3 is 63.7 Å². The molecule has 0 saturated heterocycles. The fourth-order valence-electron chi connectivity index (χ4n) is 0. The minimum absolute atomic E-state index is 0. The zero-order valence-corrected chi connectivity index (χ0v) is 21.8. The second-order valence-electron chi connectivity index (χ2n) is 4.96. The van der Waals surface area contributed by atoms with Crippen molar-refractivity contribution in [3.63, 3.8) is 0 Å². The van der Waals surface area contributed by atoms with Crippen LogP contribution in [0.4, 0.5) is 52.7 Å². The van der Waals surface area contributed by atoms with Gasteiger partial charge in [0.2, 0.25) is 0 Å². The van der Waals surface area contributed by atoms with E-state index in [1.807, 2.05) is 0 Å². The average molecular weight is 770 g/mol. The van der Waals surface area contributed by atoms with Gasteiger partial charge in [-0.3, -0.25) is 0 Å². The number of carbonyl (C=O) groups is 6. The predicted octanol–water partition coefficient (Wildman–Crippen LogP) is -1.62. The van der Waals surface area contributed by atoms with Crippen LogP contribution in [-0.2, 0) is 67.7 Å². The summed E-state index contributed by atoms with van der Waals surface area (Å²) in [6.07, 6.45) is -20.8. The third-order valence-corrected chi connectivity index (χ3v) is 0.926. The molecule has 228 valence electrons. The van der Waals surface area contributed by atoms with Crippen LogP contribution in [0.25, 0.3) is 0 Å². The number of alkyl halides is 12. The quantitative estimate of drug-likeness (QED) is 0.204. The molecular formula is C14H12F12O10Ru2. The predicted molar refractivity (Wildman–Crippen MR) is 77.0 cm³/mol. The Morgan fingerprint density at radius 3 is 0.395 bits per heavy atom. The number of aliphatic carboxylic acids is 4. The van der Waals surface area contributed by atoms with Gasteiger partial charge in [-0.2, -0.15) is 52.7 Å². The first-order valence-corrected chi connectivity index (χ1v) is 7.31. The second-order valence-corrected chi connectivity index (χ2v) is 4.96. The SMILES string of the molecule is CC(C)=O.CC(C)=O.O=C([O-])C(F)(F)F.O=C([O-])C(F)(F)F.O=C([O-])C(F)(F)F.O=C([O-])C(F)(F)F.[Ru+2].[Ru+2]. The summed E-state index contributed by atoms with van der Waals surface area (Å²) in [6.45, 7) is 6.11. The Balaban J connectivity index is -0.0000000475. The van der Waals surface area contributed by atoms with Crippen molar-refractivity contribution in [2.45, 2.75) is 52.4 Å². The molecule has 0 aliphatic heterocycles. The van der Waals surface area contributed by atoms with Crippen molar-refractivity contribution in [2.24, 2.45) is 0 Å². The maximum absolute atomic E-state index is 10.5. The fourth-order valence-corrected chi connectivity index (χ4v) is 0. The van der Waals surface area contributed by atoms with Crippen molar-refractivity contribution in [3.05, 3.63) is 0 Å². The van der Waals surface area contributed by atoms with Gasteiger partial charge in [0.25, 0.3) is 0 Å². The Morgan fingerprint density at radius 2 is 0.395 bits per heavy atom. The summed E-state index contributed by atoms with van der Waals surface area (Å²) in [4.78, 5) is 54.0. The standard InChI is InChI=1S/2C3H6O.4C2HF3O2.2Ru/c2*1-3(2)4;4*3-2(4,5)1(6)7;;/h2*1-2H3;4*(H,6,7);;/q;;;;;;2*+2/p-4. The summed E-state index contributed by atoms with van der Waals surface area (Å²) < 4.78 is 126. The number of carbonyl (C=O) groups excluding carboxylic acids is 6. The fraction of sp³-hybridized carbons (Fsp3) is 0.571. The van der Waals surface area contributed by atoms with Crippen LogP contribution in [-0.4, -0.2) is 60.1 Å². The first-order chi connectivity index (χ1) is 15.2. The van der Waals surface area contributed by atoms with Gasteiger partial charge in [0, 0.05) is 0 Å². The molecule has 24 heteroatoms. The third kappa shape index (κ3) is 76.5. The third-order valence-electron chi connectivity index (χ3n) is 0.926. The van der Waals surface area contributed by atoms with Crippen LogP contribution >= 0.6 is 0 Å². The van der Waals surface area contributed by atoms with Gasteiger partial charge in [-0.05, 0) is 27.7 Å². The Kier molecular flexibility index (Phi) is 36.7. The summed E-state index contributed by atoms with van der Waals surface area (Å²) in [6, 6.07) is 0. The van der Waals surface area contributed by atoms with Gasteiger partial charge in [-0.1, -0.05) is 0 Å². The molecule has 0 aliphatic carbocycles. The maximum Gasteiger partial charge on any atom is 2.00 e. The molecule has 0 N–H and O–H groups in total. The minimum atomic E-state index is -5.19. The van der Waals surface area contributed by atoms with Gasteiger partial charge in [0.1, 0.15) is 35.4 Å². The molecule has 0 aromatic rings. The summed E-state index contributed by atoms with van der Waals surface area (Å²) in [7, 11) is 0. The van der Waals surface area contributed by atoms with Gasteiger partial charge < -0.3 is 49.2 Å². The van der Waals surface area contributed by atoms with Crippen LogP contribution in [0.3, 0.4) is 0 Å². The molecule has 10 nitrogen and oxygen atoms in total. The number of hydrogen-bond donors (Lipinski definition) is 0. The zero-order valence-electron chi connectivity index (χ0n) is 18.3. The molecule has 0 radical (unpaired) electrons. The second kappa shape index (κ2) is 24.9. The molecule has 38 heavy (non-hydrogen) atoms. The molecule has 0 spiro atoms. The van der Waals surface area contributed by atoms with Gasteiger partial charge in [-0.25, -0.2) is 0 Å². The van der Waals surface area contributed by atoms with E-state index < -0.39 is 48.6 Å². The molecule has 0 amide bonds. The molecule has 0 aromatic heterocycles. The molecule has 0 fully saturated rings. The van der Waals surface area contributed by atoms with Crippen LogP contribution in [0.5, 0.6) is 0 Å². The van der Waals surface area contributed by atoms with Gasteiger partial charge in [-0.15, -0.1) is 0 Å². The molecule has 0 aromatic carbocycles. The van der Waals surface area contributed by atoms with E-state index in [2.05, 4.69) is 0 Å². The van der Waals surface area contributed by atoms with Crippen molar-refractivity contribution in [1.29, 1.82) is 0 Å². The topological polar surface area (TPSA) is 195 Å². The Labute approximate surface area is 228 Å². The van der Waals surface area contributed by atoms with Crippen LogP contribution in [0.1, 0.15) is 27.7 Å². The van der Waals surface area contributed by atoms with Crippen LogP contribution in [0.2, 0.25) is 0 Å². The summed E-state index contributed by atoms with van der Waals surface area (Å²) in [5, 5.41) is 35.1. The first kappa shape index (κ1) is 56.0. The number of Topliss-reactive ketones (excluding diaryl/α,β-unsaturated/α-hetero) is 2. The van der Waals surface area contributed by atoms with Crippen LogP contribution < -0.4 is 20.4 Å². The van der Waals surface area contributed by atoms with E-state index in [9.17, 15) is 62.3 Å². The number of halogens is 12. The average Bonchev–Trinajstić information content (AvgIpc) is 2.51. The Hall–Kier alpha value is -2.37. The molecule has 0 unspecified atom stereocenters. The van der Waals surface area contributed by atoms with E-state index in [0.29, 0.717) is 0 Å². The minimum Gasteiger partial charge on any atom is -0.542 e. The summed E-state index contributed by atoms with van der Waals surface area (Å²) in [5.41, 5.74) is 0. The molecule has 0 aliphatic rings. The number of rotatable bonds is 0. The van der Waals surface area contributed by atoms with Crippen molar-refractivity contribution in [3.8, 4) is 0 Å². The van der Waals surface area contributed by atoms with Gasteiger partial charge in [0.15, 0.2) is 0 Å². The number of ketones is 2. The largest absolute Gasteiger partial charge is 2.00 e. The van der Waals surface area contributed by atoms with E-state index >= 15 is 0 Å². The van der Waals surface area contributed by atoms with Crippen molar-refractivity contribution in [1.82, 2.24) is 0 Å². The molecule has 0 saturated carbocycles. The normalized spacial score (nSPS) is 9.68. The number of hydrogen-bond acceptors (Lipinski definition) is 10. The Morgan fingerprint density at radius 1 is 0.368 bits per heavy atom. The molecule has 0 atom stereocenters. The van der Waals surface area contributed by atoms with E-state index in [0.717, 1.165) is 0 Å². The summed E-state index contributed by atoms with van der Waals surface area (Å²) in [5.74, 6) is -11.7. The number of carboxylic acids is 4. The summed E-state index contributed by atoms with van der Waals surface area (Å²) >= 11 is 0. The number of carboxylic acid groups (broad SMARTS) is 4.